The number of rotatable bonds is 10. The lowest BCUT2D eigenvalue weighted by Gasteiger charge is -2.34. The third-order valence-corrected chi connectivity index (χ3v) is 6.38. The number of hydrogen-bond acceptors (Lipinski definition) is 6. The normalized spacial score (nSPS) is 15.0. The van der Waals surface area contributed by atoms with Crippen molar-refractivity contribution in [3.63, 3.8) is 0 Å². The van der Waals surface area contributed by atoms with E-state index in [1.165, 1.54) is 4.90 Å². The summed E-state index contributed by atoms with van der Waals surface area (Å²) in [6, 6.07) is 23.7. The van der Waals surface area contributed by atoms with Crippen molar-refractivity contribution >= 4 is 33.7 Å². The predicted molar refractivity (Wildman–Crippen MR) is 141 cm³/mol. The van der Waals surface area contributed by atoms with Gasteiger partial charge in [0.1, 0.15) is 30.8 Å². The third kappa shape index (κ3) is 7.33. The van der Waals surface area contributed by atoms with Crippen LogP contribution in [-0.2, 0) is 19.1 Å². The van der Waals surface area contributed by atoms with Gasteiger partial charge >= 0.3 is 5.97 Å². The molecule has 0 radical (unpaired) electrons. The predicted octanol–water partition coefficient (Wildman–Crippen LogP) is 3.83. The van der Waals surface area contributed by atoms with E-state index in [1.54, 1.807) is 18.2 Å². The molecule has 1 aliphatic heterocycles. The summed E-state index contributed by atoms with van der Waals surface area (Å²) in [4.78, 5) is 39.2. The van der Waals surface area contributed by atoms with Crippen molar-refractivity contribution in [2.45, 2.75) is 12.5 Å². The molecule has 3 aromatic carbocycles. The van der Waals surface area contributed by atoms with Gasteiger partial charge in [0.25, 0.3) is 5.91 Å². The molecular formula is C28H27BrN2O6. The van der Waals surface area contributed by atoms with Crippen LogP contribution >= 0.6 is 15.9 Å². The number of ether oxygens (including phenoxy) is 3. The van der Waals surface area contributed by atoms with Crippen LogP contribution in [0.1, 0.15) is 6.42 Å². The van der Waals surface area contributed by atoms with Crippen molar-refractivity contribution in [3.8, 4) is 22.6 Å². The summed E-state index contributed by atoms with van der Waals surface area (Å²) in [5.74, 6) is -0.201. The van der Waals surface area contributed by atoms with Crippen LogP contribution in [0.15, 0.2) is 83.3 Å². The highest BCUT2D eigenvalue weighted by molar-refractivity contribution is 9.10. The van der Waals surface area contributed by atoms with Crippen molar-refractivity contribution in [1.29, 1.82) is 0 Å². The van der Waals surface area contributed by atoms with Crippen LogP contribution in [-0.4, -0.2) is 61.6 Å². The van der Waals surface area contributed by atoms with Crippen molar-refractivity contribution in [3.05, 3.63) is 83.3 Å². The first kappa shape index (κ1) is 26.2. The molecule has 1 aliphatic rings. The third-order valence-electron chi connectivity index (χ3n) is 5.76. The number of halogens is 1. The quantitative estimate of drug-likeness (QED) is 0.296. The molecule has 4 rings (SSSR count). The molecule has 1 atom stereocenters. The Kier molecular flexibility index (Phi) is 9.15. The van der Waals surface area contributed by atoms with Gasteiger partial charge in [0, 0.05) is 13.1 Å². The van der Waals surface area contributed by atoms with Crippen LogP contribution in [0.25, 0.3) is 11.1 Å². The molecular weight excluding hydrogens is 540 g/mol. The highest BCUT2D eigenvalue weighted by Crippen LogP contribution is 2.30. The second-order valence-corrected chi connectivity index (χ2v) is 9.13. The summed E-state index contributed by atoms with van der Waals surface area (Å²) in [6.07, 6.45) is -0.252. The van der Waals surface area contributed by atoms with Gasteiger partial charge in [-0.3, -0.25) is 14.4 Å². The number of esters is 1. The molecule has 8 nitrogen and oxygen atoms in total. The number of para-hydroxylation sites is 1. The van der Waals surface area contributed by atoms with E-state index in [0.717, 1.165) is 11.1 Å². The van der Waals surface area contributed by atoms with Crippen LogP contribution in [0.3, 0.4) is 0 Å². The molecule has 1 unspecified atom stereocenters. The minimum absolute atomic E-state index is 0.0339. The SMILES string of the molecule is O=C(CC1C(=O)NCCN1C(=O)COc1ccc(-c2ccccc2)cc1Br)OCCOc1ccccc1. The van der Waals surface area contributed by atoms with E-state index in [1.807, 2.05) is 60.7 Å². The summed E-state index contributed by atoms with van der Waals surface area (Å²) < 4.78 is 17.2. The number of nitrogens with zero attached hydrogens (tertiary/aromatic N) is 1. The molecule has 0 aliphatic carbocycles. The summed E-state index contributed by atoms with van der Waals surface area (Å²) in [5.41, 5.74) is 2.07. The van der Waals surface area contributed by atoms with E-state index >= 15 is 0 Å². The summed E-state index contributed by atoms with van der Waals surface area (Å²) in [7, 11) is 0. The average Bonchev–Trinajstić information content (AvgIpc) is 2.92. The van der Waals surface area contributed by atoms with Crippen molar-refractivity contribution in [2.24, 2.45) is 0 Å². The van der Waals surface area contributed by atoms with Gasteiger partial charge in [0.2, 0.25) is 5.91 Å². The fraction of sp³-hybridized carbons (Fsp3) is 0.250. The molecule has 9 heteroatoms. The fourth-order valence-electron chi connectivity index (χ4n) is 3.92. The average molecular weight is 567 g/mol. The van der Waals surface area contributed by atoms with E-state index in [0.29, 0.717) is 22.5 Å². The van der Waals surface area contributed by atoms with Gasteiger partial charge in [-0.2, -0.15) is 0 Å². The fourth-order valence-corrected chi connectivity index (χ4v) is 4.41. The number of amides is 2. The maximum Gasteiger partial charge on any atom is 0.308 e. The molecule has 0 saturated carbocycles. The number of hydrogen-bond donors (Lipinski definition) is 1. The van der Waals surface area contributed by atoms with E-state index in [9.17, 15) is 14.4 Å². The van der Waals surface area contributed by atoms with Gasteiger partial charge in [-0.05, 0) is 51.3 Å². The maximum absolute atomic E-state index is 13.0. The van der Waals surface area contributed by atoms with Crippen LogP contribution in [0, 0.1) is 0 Å². The van der Waals surface area contributed by atoms with Crippen LogP contribution in [0.2, 0.25) is 0 Å². The summed E-state index contributed by atoms with van der Waals surface area (Å²) in [5, 5.41) is 2.70. The maximum atomic E-state index is 13.0. The molecule has 0 spiro atoms. The van der Waals surface area contributed by atoms with E-state index in [2.05, 4.69) is 21.2 Å². The zero-order valence-corrected chi connectivity index (χ0v) is 21.7. The summed E-state index contributed by atoms with van der Waals surface area (Å²) in [6.45, 7) is 0.522. The number of benzene rings is 3. The van der Waals surface area contributed by atoms with E-state index < -0.39 is 17.9 Å². The Morgan fingerprint density at radius 3 is 2.38 bits per heavy atom. The van der Waals surface area contributed by atoms with Crippen molar-refractivity contribution in [2.75, 3.05) is 32.9 Å². The first-order valence-corrected chi connectivity index (χ1v) is 12.7. The van der Waals surface area contributed by atoms with Crippen LogP contribution in [0.4, 0.5) is 0 Å². The highest BCUT2D eigenvalue weighted by Gasteiger charge is 2.35. The Balaban J connectivity index is 1.29. The number of nitrogens with one attached hydrogen (secondary N) is 1. The molecule has 1 saturated heterocycles. The van der Waals surface area contributed by atoms with Gasteiger partial charge in [0.05, 0.1) is 10.9 Å². The Hall–Kier alpha value is -3.85. The molecule has 37 heavy (non-hydrogen) atoms. The first-order valence-electron chi connectivity index (χ1n) is 11.9. The van der Waals surface area contributed by atoms with Gasteiger partial charge in [-0.25, -0.2) is 0 Å². The number of carbonyl (C=O) groups excluding carboxylic acids is 3. The zero-order chi connectivity index (χ0) is 26.0. The second kappa shape index (κ2) is 12.9. The van der Waals surface area contributed by atoms with Gasteiger partial charge in [-0.15, -0.1) is 0 Å². The molecule has 0 bridgehead atoms. The lowest BCUT2D eigenvalue weighted by Crippen LogP contribution is -2.58. The standard InChI is InChI=1S/C28H27BrN2O6/c29-23-17-21(20-7-3-1-4-8-20)11-12-25(23)37-19-26(32)31-14-13-30-28(34)24(31)18-27(33)36-16-15-35-22-9-5-2-6-10-22/h1-12,17,24H,13-16,18-19H2,(H,30,34). The Bertz CT molecular complexity index is 1220. The minimum atomic E-state index is -0.962. The number of carbonyl (C=O) groups is 3. The summed E-state index contributed by atoms with van der Waals surface area (Å²) >= 11 is 3.50. The molecule has 2 amide bonds. The molecule has 192 valence electrons. The Labute approximate surface area is 223 Å². The molecule has 1 N–H and O–H groups in total. The highest BCUT2D eigenvalue weighted by atomic mass is 79.9. The van der Waals surface area contributed by atoms with Gasteiger partial charge in [-0.1, -0.05) is 54.6 Å². The molecule has 1 heterocycles. The zero-order valence-electron chi connectivity index (χ0n) is 20.1. The van der Waals surface area contributed by atoms with E-state index in [4.69, 9.17) is 14.2 Å². The Morgan fingerprint density at radius 1 is 0.919 bits per heavy atom. The second-order valence-electron chi connectivity index (χ2n) is 8.28. The topological polar surface area (TPSA) is 94.2 Å². The van der Waals surface area contributed by atoms with E-state index in [-0.39, 0.29) is 38.7 Å². The van der Waals surface area contributed by atoms with Gasteiger partial charge < -0.3 is 24.4 Å². The monoisotopic (exact) mass is 566 g/mol. The molecule has 3 aromatic rings. The van der Waals surface area contributed by atoms with Crippen LogP contribution in [0.5, 0.6) is 11.5 Å². The minimum Gasteiger partial charge on any atom is -0.490 e. The molecule has 1 fully saturated rings. The van der Waals surface area contributed by atoms with Crippen molar-refractivity contribution in [1.82, 2.24) is 10.2 Å². The Morgan fingerprint density at radius 2 is 1.65 bits per heavy atom. The molecule has 0 aromatic heterocycles. The van der Waals surface area contributed by atoms with Gasteiger partial charge in [0.15, 0.2) is 6.61 Å². The smallest absolute Gasteiger partial charge is 0.308 e. The first-order chi connectivity index (χ1) is 18.0. The van der Waals surface area contributed by atoms with Crippen LogP contribution < -0.4 is 14.8 Å². The number of piperazine rings is 1. The largest absolute Gasteiger partial charge is 0.490 e. The van der Waals surface area contributed by atoms with Crippen molar-refractivity contribution < 1.29 is 28.6 Å². The lowest BCUT2D eigenvalue weighted by atomic mass is 10.1. The lowest BCUT2D eigenvalue weighted by molar-refractivity contribution is -0.152.